The molecule has 2 saturated carbocycles. The highest BCUT2D eigenvalue weighted by molar-refractivity contribution is 7.09. The van der Waals surface area contributed by atoms with E-state index in [1.54, 1.807) is 0 Å². The Kier molecular flexibility index (Phi) is 2.76. The fourth-order valence-electron chi connectivity index (χ4n) is 4.08. The molecule has 0 radical (unpaired) electrons. The summed E-state index contributed by atoms with van der Waals surface area (Å²) in [4.78, 5) is 5.69. The first-order valence-electron chi connectivity index (χ1n) is 6.34. The van der Waals surface area contributed by atoms with Gasteiger partial charge in [0.1, 0.15) is 0 Å². The van der Waals surface area contributed by atoms with E-state index >= 15 is 0 Å². The minimum atomic E-state index is 0.546. The van der Waals surface area contributed by atoms with Gasteiger partial charge in [-0.3, -0.25) is 4.98 Å². The quantitative estimate of drug-likeness (QED) is 0.869. The van der Waals surface area contributed by atoms with Crippen LogP contribution in [-0.4, -0.2) is 18.6 Å². The molecule has 16 heavy (non-hydrogen) atoms. The third-order valence-corrected chi connectivity index (χ3v) is 5.42. The van der Waals surface area contributed by atoms with Gasteiger partial charge in [-0.2, -0.15) is 0 Å². The van der Waals surface area contributed by atoms with Crippen molar-refractivity contribution in [2.45, 2.75) is 32.1 Å². The molecule has 1 heterocycles. The van der Waals surface area contributed by atoms with Gasteiger partial charge in [0.2, 0.25) is 0 Å². The third kappa shape index (κ3) is 1.70. The normalized spacial score (nSPS) is 37.1. The maximum atomic E-state index is 4.22. The topological polar surface area (TPSA) is 24.9 Å². The number of fused-ring (bicyclic) bond motifs is 2. The number of hydrogen-bond acceptors (Lipinski definition) is 3. The molecule has 1 aromatic rings. The molecule has 0 saturated heterocycles. The molecule has 3 rings (SSSR count). The first kappa shape index (κ1) is 10.7. The Hall–Kier alpha value is -0.410. The van der Waals surface area contributed by atoms with Crippen LogP contribution in [0.15, 0.2) is 11.7 Å². The summed E-state index contributed by atoms with van der Waals surface area (Å²) < 4.78 is 0. The molecular formula is C13H20N2S. The number of hydrogen-bond donors (Lipinski definition) is 1. The highest BCUT2D eigenvalue weighted by Gasteiger charge is 2.50. The van der Waals surface area contributed by atoms with Crippen molar-refractivity contribution >= 4 is 11.3 Å². The summed E-state index contributed by atoms with van der Waals surface area (Å²) in [5.74, 6) is 1.98. The molecule has 1 aromatic heterocycles. The van der Waals surface area contributed by atoms with Crippen LogP contribution in [0.1, 0.15) is 30.6 Å². The van der Waals surface area contributed by atoms with Crippen molar-refractivity contribution in [3.8, 4) is 0 Å². The first-order valence-corrected chi connectivity index (χ1v) is 7.22. The Labute approximate surface area is 101 Å². The SMILES string of the molecule is CNCC1(Cc2cncs2)CC2CCC1C2. The van der Waals surface area contributed by atoms with Crippen molar-refractivity contribution in [2.24, 2.45) is 17.3 Å². The average molecular weight is 236 g/mol. The molecular weight excluding hydrogens is 216 g/mol. The highest BCUT2D eigenvalue weighted by Crippen LogP contribution is 2.57. The average Bonchev–Trinajstić information content (AvgIpc) is 2.93. The lowest BCUT2D eigenvalue weighted by molar-refractivity contribution is 0.161. The van der Waals surface area contributed by atoms with Crippen LogP contribution >= 0.6 is 11.3 Å². The molecule has 2 nitrogen and oxygen atoms in total. The summed E-state index contributed by atoms with van der Waals surface area (Å²) in [5.41, 5.74) is 2.51. The molecule has 0 amide bonds. The first-order chi connectivity index (χ1) is 7.82. The number of aromatic nitrogens is 1. The maximum absolute atomic E-state index is 4.22. The third-order valence-electron chi connectivity index (χ3n) is 4.64. The van der Waals surface area contributed by atoms with Gasteiger partial charge < -0.3 is 5.32 Å². The van der Waals surface area contributed by atoms with Crippen molar-refractivity contribution in [2.75, 3.05) is 13.6 Å². The van der Waals surface area contributed by atoms with Gasteiger partial charge in [-0.15, -0.1) is 11.3 Å². The second-order valence-corrected chi connectivity index (χ2v) is 6.59. The highest BCUT2D eigenvalue weighted by atomic mass is 32.1. The summed E-state index contributed by atoms with van der Waals surface area (Å²) in [7, 11) is 2.10. The van der Waals surface area contributed by atoms with Gasteiger partial charge in [-0.25, -0.2) is 0 Å². The molecule has 0 aromatic carbocycles. The monoisotopic (exact) mass is 236 g/mol. The lowest BCUT2D eigenvalue weighted by Crippen LogP contribution is -2.39. The van der Waals surface area contributed by atoms with E-state index in [1.165, 1.54) is 43.5 Å². The van der Waals surface area contributed by atoms with Gasteiger partial charge in [0.05, 0.1) is 5.51 Å². The molecule has 2 fully saturated rings. The molecule has 2 aliphatic rings. The van der Waals surface area contributed by atoms with E-state index in [0.717, 1.165) is 11.8 Å². The van der Waals surface area contributed by atoms with Crippen LogP contribution in [0, 0.1) is 17.3 Å². The van der Waals surface area contributed by atoms with Crippen molar-refractivity contribution < 1.29 is 0 Å². The second kappa shape index (κ2) is 4.11. The maximum Gasteiger partial charge on any atom is 0.0794 e. The summed E-state index contributed by atoms with van der Waals surface area (Å²) in [6.45, 7) is 1.19. The number of nitrogens with zero attached hydrogens (tertiary/aromatic N) is 1. The van der Waals surface area contributed by atoms with Crippen molar-refractivity contribution in [3.63, 3.8) is 0 Å². The molecule has 3 heteroatoms. The second-order valence-electron chi connectivity index (χ2n) is 5.62. The molecule has 0 spiro atoms. The van der Waals surface area contributed by atoms with Crippen molar-refractivity contribution in [1.29, 1.82) is 0 Å². The molecule has 3 atom stereocenters. The predicted molar refractivity (Wildman–Crippen MR) is 67.6 cm³/mol. The Balaban J connectivity index is 1.81. The van der Waals surface area contributed by atoms with E-state index in [0.29, 0.717) is 5.41 Å². The minimum absolute atomic E-state index is 0.546. The fourth-order valence-corrected chi connectivity index (χ4v) is 4.83. The van der Waals surface area contributed by atoms with Crippen LogP contribution in [0.5, 0.6) is 0 Å². The number of nitrogens with one attached hydrogen (secondary N) is 1. The van der Waals surface area contributed by atoms with Gasteiger partial charge in [-0.05, 0) is 50.0 Å². The van der Waals surface area contributed by atoms with Crippen LogP contribution in [0.2, 0.25) is 0 Å². The zero-order valence-corrected chi connectivity index (χ0v) is 10.7. The van der Waals surface area contributed by atoms with E-state index < -0.39 is 0 Å². The van der Waals surface area contributed by atoms with Gasteiger partial charge >= 0.3 is 0 Å². The van der Waals surface area contributed by atoms with Gasteiger partial charge in [0.25, 0.3) is 0 Å². The van der Waals surface area contributed by atoms with Crippen molar-refractivity contribution in [1.82, 2.24) is 10.3 Å². The minimum Gasteiger partial charge on any atom is -0.319 e. The molecule has 2 aliphatic carbocycles. The number of thiazole rings is 1. The Morgan fingerprint density at radius 1 is 1.56 bits per heavy atom. The standard InChI is InChI=1S/C13H20N2S/c1-14-8-13(6-12-7-15-9-16-12)5-10-2-3-11(13)4-10/h7,9-11,14H,2-6,8H2,1H3. The van der Waals surface area contributed by atoms with Crippen molar-refractivity contribution in [3.05, 3.63) is 16.6 Å². The smallest absolute Gasteiger partial charge is 0.0794 e. The van der Waals surface area contributed by atoms with Crippen LogP contribution in [-0.2, 0) is 6.42 Å². The van der Waals surface area contributed by atoms with Gasteiger partial charge in [0.15, 0.2) is 0 Å². The predicted octanol–water partition coefficient (Wildman–Crippen LogP) is 2.71. The fraction of sp³-hybridized carbons (Fsp3) is 0.769. The Morgan fingerprint density at radius 3 is 3.06 bits per heavy atom. The van der Waals surface area contributed by atoms with E-state index in [-0.39, 0.29) is 0 Å². The lowest BCUT2D eigenvalue weighted by Gasteiger charge is -2.37. The van der Waals surface area contributed by atoms with E-state index in [2.05, 4.69) is 23.5 Å². The summed E-state index contributed by atoms with van der Waals surface area (Å²) in [6, 6.07) is 0. The Morgan fingerprint density at radius 2 is 2.50 bits per heavy atom. The van der Waals surface area contributed by atoms with Crippen LogP contribution in [0.4, 0.5) is 0 Å². The summed E-state index contributed by atoms with van der Waals surface area (Å²) in [6.07, 6.45) is 9.19. The van der Waals surface area contributed by atoms with Gasteiger partial charge in [-0.1, -0.05) is 6.42 Å². The molecule has 3 unspecified atom stereocenters. The van der Waals surface area contributed by atoms with E-state index in [4.69, 9.17) is 0 Å². The lowest BCUT2D eigenvalue weighted by atomic mass is 9.70. The van der Waals surface area contributed by atoms with Crippen LogP contribution < -0.4 is 5.32 Å². The largest absolute Gasteiger partial charge is 0.319 e. The zero-order valence-electron chi connectivity index (χ0n) is 9.91. The van der Waals surface area contributed by atoms with Crippen LogP contribution in [0.25, 0.3) is 0 Å². The Bertz CT molecular complexity index is 349. The number of rotatable bonds is 4. The molecule has 0 aliphatic heterocycles. The molecule has 1 N–H and O–H groups in total. The molecule has 2 bridgehead atoms. The van der Waals surface area contributed by atoms with Gasteiger partial charge in [0, 0.05) is 17.6 Å². The molecule has 88 valence electrons. The zero-order chi connectivity index (χ0) is 11.0. The summed E-state index contributed by atoms with van der Waals surface area (Å²) >= 11 is 1.82. The van der Waals surface area contributed by atoms with E-state index in [9.17, 15) is 0 Å². The van der Waals surface area contributed by atoms with Crippen LogP contribution in [0.3, 0.4) is 0 Å². The summed E-state index contributed by atoms with van der Waals surface area (Å²) in [5, 5.41) is 3.43. The van der Waals surface area contributed by atoms with E-state index in [1.807, 2.05) is 16.8 Å².